The summed E-state index contributed by atoms with van der Waals surface area (Å²) in [7, 11) is 1.64. The van der Waals surface area contributed by atoms with E-state index in [1.807, 2.05) is 18.2 Å². The van der Waals surface area contributed by atoms with Crippen LogP contribution in [0.4, 0.5) is 0 Å². The first-order valence-electron chi connectivity index (χ1n) is 5.49. The van der Waals surface area contributed by atoms with Gasteiger partial charge in [0.2, 0.25) is 0 Å². The highest BCUT2D eigenvalue weighted by Crippen LogP contribution is 2.22. The van der Waals surface area contributed by atoms with Gasteiger partial charge in [-0.1, -0.05) is 18.2 Å². The highest BCUT2D eigenvalue weighted by atomic mass is 16.1. The van der Waals surface area contributed by atoms with Gasteiger partial charge in [-0.05, 0) is 6.07 Å². The summed E-state index contributed by atoms with van der Waals surface area (Å²) in [5, 5.41) is 5.76. The van der Waals surface area contributed by atoms with E-state index in [1.54, 1.807) is 25.5 Å². The number of fused-ring (bicyclic) bond motifs is 1. The van der Waals surface area contributed by atoms with Crippen LogP contribution in [0.3, 0.4) is 0 Å². The molecule has 0 unspecified atom stereocenters. The maximum absolute atomic E-state index is 12.0. The Bertz CT molecular complexity index is 765. The van der Waals surface area contributed by atoms with Crippen molar-refractivity contribution in [1.29, 1.82) is 0 Å². The summed E-state index contributed by atoms with van der Waals surface area (Å²) in [5.41, 5.74) is 1.41. The van der Waals surface area contributed by atoms with Gasteiger partial charge in [-0.15, -0.1) is 0 Å². The maximum atomic E-state index is 12.0. The molecule has 1 aromatic carbocycles. The lowest BCUT2D eigenvalue weighted by molar-refractivity contribution is 0.722. The molecule has 0 saturated heterocycles. The van der Waals surface area contributed by atoms with E-state index in [9.17, 15) is 4.79 Å². The second-order valence-electron chi connectivity index (χ2n) is 3.95. The van der Waals surface area contributed by atoms with E-state index in [2.05, 4.69) is 15.1 Å². The highest BCUT2D eigenvalue weighted by molar-refractivity contribution is 5.93. The molecule has 88 valence electrons. The number of hydrogen-bond acceptors (Lipinski definition) is 4. The lowest BCUT2D eigenvalue weighted by atomic mass is 10.1. The fourth-order valence-corrected chi connectivity index (χ4v) is 1.93. The van der Waals surface area contributed by atoms with Gasteiger partial charge >= 0.3 is 0 Å². The molecule has 5 nitrogen and oxygen atoms in total. The van der Waals surface area contributed by atoms with Gasteiger partial charge in [0.05, 0.1) is 5.39 Å². The van der Waals surface area contributed by atoms with Crippen LogP contribution in [0.25, 0.3) is 22.0 Å². The number of aromatic nitrogens is 4. The van der Waals surface area contributed by atoms with Gasteiger partial charge in [-0.3, -0.25) is 4.79 Å². The molecule has 3 aromatic rings. The Balaban J connectivity index is 2.44. The van der Waals surface area contributed by atoms with Crippen LogP contribution < -0.4 is 5.56 Å². The second kappa shape index (κ2) is 4.03. The van der Waals surface area contributed by atoms with E-state index in [4.69, 9.17) is 0 Å². The van der Waals surface area contributed by atoms with E-state index in [0.29, 0.717) is 11.1 Å². The van der Waals surface area contributed by atoms with Gasteiger partial charge in [-0.25, -0.2) is 14.6 Å². The number of nitrogens with zero attached hydrogens (tertiary/aromatic N) is 4. The van der Waals surface area contributed by atoms with Gasteiger partial charge in [0.15, 0.2) is 0 Å². The molecule has 0 amide bonds. The van der Waals surface area contributed by atoms with Crippen LogP contribution in [0.1, 0.15) is 0 Å². The fourth-order valence-electron chi connectivity index (χ4n) is 1.93. The summed E-state index contributed by atoms with van der Waals surface area (Å²) in [6.45, 7) is 0. The lowest BCUT2D eigenvalue weighted by Crippen LogP contribution is -2.20. The molecule has 0 bridgehead atoms. The summed E-state index contributed by atoms with van der Waals surface area (Å²) < 4.78 is 1.34. The summed E-state index contributed by atoms with van der Waals surface area (Å²) >= 11 is 0. The van der Waals surface area contributed by atoms with Crippen molar-refractivity contribution in [2.24, 2.45) is 7.05 Å². The zero-order chi connectivity index (χ0) is 12.5. The Labute approximate surface area is 103 Å². The summed E-state index contributed by atoms with van der Waals surface area (Å²) in [4.78, 5) is 19.9. The molecule has 0 atom stereocenters. The summed E-state index contributed by atoms with van der Waals surface area (Å²) in [6, 6.07) is 7.41. The molecule has 0 saturated carbocycles. The average molecular weight is 238 g/mol. The molecule has 2 aromatic heterocycles. The first kappa shape index (κ1) is 10.6. The number of rotatable bonds is 1. The Kier molecular flexibility index (Phi) is 2.37. The van der Waals surface area contributed by atoms with Crippen molar-refractivity contribution < 1.29 is 0 Å². The molecule has 0 N–H and O–H groups in total. The predicted octanol–water partition coefficient (Wildman–Crippen LogP) is 1.39. The van der Waals surface area contributed by atoms with Crippen molar-refractivity contribution in [2.45, 2.75) is 0 Å². The van der Waals surface area contributed by atoms with Gasteiger partial charge in [0.25, 0.3) is 5.56 Å². The third-order valence-corrected chi connectivity index (χ3v) is 2.79. The molecule has 0 aliphatic rings. The minimum Gasteiger partial charge on any atom is -0.267 e. The molecule has 2 heterocycles. The lowest BCUT2D eigenvalue weighted by Gasteiger charge is -2.07. The van der Waals surface area contributed by atoms with Gasteiger partial charge in [-0.2, -0.15) is 5.10 Å². The minimum atomic E-state index is -0.105. The first-order valence-corrected chi connectivity index (χ1v) is 5.49. The Hall–Kier alpha value is -2.56. The van der Waals surface area contributed by atoms with E-state index in [1.165, 1.54) is 11.0 Å². The van der Waals surface area contributed by atoms with Crippen molar-refractivity contribution >= 4 is 10.8 Å². The van der Waals surface area contributed by atoms with E-state index in [-0.39, 0.29) is 5.56 Å². The van der Waals surface area contributed by atoms with E-state index < -0.39 is 0 Å². The summed E-state index contributed by atoms with van der Waals surface area (Å²) in [6.07, 6.45) is 4.84. The standard InChI is InChI=1S/C13H10N4O/c1-17-13(18)11-5-3-2-4-10(11)12(16-17)9-6-14-8-15-7-9/h2-8H,1H3. The van der Waals surface area contributed by atoms with Crippen LogP contribution in [-0.2, 0) is 7.05 Å². The van der Waals surface area contributed by atoms with Crippen molar-refractivity contribution in [3.05, 3.63) is 53.3 Å². The van der Waals surface area contributed by atoms with Gasteiger partial charge < -0.3 is 0 Å². The summed E-state index contributed by atoms with van der Waals surface area (Å²) in [5.74, 6) is 0. The van der Waals surface area contributed by atoms with E-state index in [0.717, 1.165) is 10.9 Å². The zero-order valence-electron chi connectivity index (χ0n) is 9.74. The number of aryl methyl sites for hydroxylation is 1. The molecule has 0 aliphatic heterocycles. The predicted molar refractivity (Wildman–Crippen MR) is 68.0 cm³/mol. The van der Waals surface area contributed by atoms with Crippen molar-refractivity contribution in [2.75, 3.05) is 0 Å². The highest BCUT2D eigenvalue weighted by Gasteiger charge is 2.10. The number of hydrogen-bond donors (Lipinski definition) is 0. The Morgan fingerprint density at radius 2 is 1.72 bits per heavy atom. The SMILES string of the molecule is Cn1nc(-c2cncnc2)c2ccccc2c1=O. The van der Waals surface area contributed by atoms with Gasteiger partial charge in [0, 0.05) is 30.4 Å². The topological polar surface area (TPSA) is 60.7 Å². The van der Waals surface area contributed by atoms with Crippen LogP contribution in [-0.4, -0.2) is 19.7 Å². The van der Waals surface area contributed by atoms with Crippen LogP contribution in [0, 0.1) is 0 Å². The van der Waals surface area contributed by atoms with Crippen LogP contribution in [0.15, 0.2) is 47.8 Å². The van der Waals surface area contributed by atoms with Crippen LogP contribution in [0.2, 0.25) is 0 Å². The van der Waals surface area contributed by atoms with Crippen molar-refractivity contribution in [1.82, 2.24) is 19.7 Å². The average Bonchev–Trinajstić information content (AvgIpc) is 2.44. The third kappa shape index (κ3) is 1.57. The van der Waals surface area contributed by atoms with Crippen molar-refractivity contribution in [3.63, 3.8) is 0 Å². The molecular formula is C13H10N4O. The molecule has 18 heavy (non-hydrogen) atoms. The molecular weight excluding hydrogens is 228 g/mol. The zero-order valence-corrected chi connectivity index (χ0v) is 9.74. The first-order chi connectivity index (χ1) is 8.77. The van der Waals surface area contributed by atoms with Crippen LogP contribution >= 0.6 is 0 Å². The molecule has 5 heteroatoms. The molecule has 0 fully saturated rings. The quantitative estimate of drug-likeness (QED) is 0.642. The van der Waals surface area contributed by atoms with E-state index >= 15 is 0 Å². The molecule has 0 aliphatic carbocycles. The Morgan fingerprint density at radius 1 is 1.06 bits per heavy atom. The molecule has 0 spiro atoms. The van der Waals surface area contributed by atoms with Gasteiger partial charge in [0.1, 0.15) is 12.0 Å². The monoisotopic (exact) mass is 238 g/mol. The smallest absolute Gasteiger partial charge is 0.267 e. The number of benzene rings is 1. The fraction of sp³-hybridized carbons (Fsp3) is 0.0769. The second-order valence-corrected chi connectivity index (χ2v) is 3.95. The molecule has 0 radical (unpaired) electrons. The van der Waals surface area contributed by atoms with Crippen LogP contribution in [0.5, 0.6) is 0 Å². The minimum absolute atomic E-state index is 0.105. The molecule has 3 rings (SSSR count). The van der Waals surface area contributed by atoms with Crippen molar-refractivity contribution in [3.8, 4) is 11.3 Å². The normalized spacial score (nSPS) is 10.7. The Morgan fingerprint density at radius 3 is 2.44 bits per heavy atom. The largest absolute Gasteiger partial charge is 0.274 e. The third-order valence-electron chi connectivity index (χ3n) is 2.79. The maximum Gasteiger partial charge on any atom is 0.274 e.